The molecule has 0 saturated heterocycles. The molecule has 2 atom stereocenters. The number of aldehydes is 1. The summed E-state index contributed by atoms with van der Waals surface area (Å²) in [5.41, 5.74) is 3.82. The van der Waals surface area contributed by atoms with Gasteiger partial charge in [0.15, 0.2) is 5.79 Å². The molecule has 142 valence electrons. The highest BCUT2D eigenvalue weighted by molar-refractivity contribution is 5.84. The third-order valence-corrected chi connectivity index (χ3v) is 4.98. The number of hydrogen-bond donors (Lipinski definition) is 2. The van der Waals surface area contributed by atoms with E-state index in [2.05, 4.69) is 17.2 Å². The summed E-state index contributed by atoms with van der Waals surface area (Å²) in [7, 11) is 1.59. The molecule has 0 spiro atoms. The van der Waals surface area contributed by atoms with Gasteiger partial charge in [-0.1, -0.05) is 31.7 Å². The number of carbonyl (C=O) groups is 2. The molecule has 1 aliphatic heterocycles. The predicted octanol–water partition coefficient (Wildman–Crippen LogP) is 2.75. The summed E-state index contributed by atoms with van der Waals surface area (Å²) in [6.45, 7) is 8.46. The molecule has 0 aliphatic carbocycles. The molecule has 1 aromatic carbocycles. The summed E-state index contributed by atoms with van der Waals surface area (Å²) >= 11 is 0. The lowest BCUT2D eigenvalue weighted by Gasteiger charge is -2.28. The maximum Gasteiger partial charge on any atom is 0.242 e. The van der Waals surface area contributed by atoms with Gasteiger partial charge in [0, 0.05) is 37.8 Å². The Kier molecular flexibility index (Phi) is 6.53. The van der Waals surface area contributed by atoms with E-state index in [1.807, 2.05) is 23.1 Å². The summed E-state index contributed by atoms with van der Waals surface area (Å²) < 4.78 is 14.0. The minimum absolute atomic E-state index is 0.126. The van der Waals surface area contributed by atoms with E-state index in [0.717, 1.165) is 28.7 Å². The number of rotatable bonds is 9. The van der Waals surface area contributed by atoms with Gasteiger partial charge in [-0.15, -0.1) is 0 Å². The van der Waals surface area contributed by atoms with Crippen LogP contribution in [0.15, 0.2) is 24.8 Å². The monoisotopic (exact) mass is 361 g/mol. The Balaban J connectivity index is 2.16. The number of nitrogens with one attached hydrogen (secondary N) is 2. The molecule has 1 amide bonds. The fourth-order valence-electron chi connectivity index (χ4n) is 3.13. The van der Waals surface area contributed by atoms with Crippen molar-refractivity contribution in [3.63, 3.8) is 0 Å². The molecular formula is C20H28FN3O2. The van der Waals surface area contributed by atoms with Gasteiger partial charge in [0.1, 0.15) is 12.3 Å². The fourth-order valence-corrected chi connectivity index (χ4v) is 3.13. The van der Waals surface area contributed by atoms with Crippen molar-refractivity contribution in [2.24, 2.45) is 0 Å². The van der Waals surface area contributed by atoms with E-state index in [9.17, 15) is 14.0 Å². The number of amides is 1. The van der Waals surface area contributed by atoms with Crippen LogP contribution in [0.3, 0.4) is 0 Å². The SMILES string of the molecule is C=C1c2ccc(CNC(C)(F)CC)cc2CN1C(CCC=O)C(=O)NC. The lowest BCUT2D eigenvalue weighted by Crippen LogP contribution is -2.42. The second-order valence-corrected chi connectivity index (χ2v) is 6.84. The molecule has 0 radical (unpaired) electrons. The van der Waals surface area contributed by atoms with E-state index in [0.29, 0.717) is 32.4 Å². The molecule has 2 N–H and O–H groups in total. The normalized spacial score (nSPS) is 16.8. The molecule has 1 aliphatic rings. The van der Waals surface area contributed by atoms with Gasteiger partial charge in [0.25, 0.3) is 0 Å². The van der Waals surface area contributed by atoms with Crippen molar-refractivity contribution >= 4 is 17.9 Å². The Morgan fingerprint density at radius 2 is 2.23 bits per heavy atom. The molecule has 0 saturated carbocycles. The average molecular weight is 361 g/mol. The number of benzene rings is 1. The van der Waals surface area contributed by atoms with Crippen LogP contribution in [0.5, 0.6) is 0 Å². The Morgan fingerprint density at radius 1 is 1.50 bits per heavy atom. The first kappa shape index (κ1) is 20.1. The van der Waals surface area contributed by atoms with E-state index < -0.39 is 11.8 Å². The molecule has 0 aromatic heterocycles. The zero-order valence-electron chi connectivity index (χ0n) is 15.8. The Hall–Kier alpha value is -2.21. The standard InChI is InChI=1S/C20H28FN3O2/c1-5-20(3,21)23-12-15-8-9-17-14(2)24(13-16(17)11-15)18(7-6-10-25)19(26)22-4/h8-11,18,23H,2,5-7,12-13H2,1,3-4H3,(H,22,26). The number of fused-ring (bicyclic) bond motifs is 1. The molecule has 5 nitrogen and oxygen atoms in total. The first-order valence-corrected chi connectivity index (χ1v) is 8.99. The molecule has 2 rings (SSSR count). The Morgan fingerprint density at radius 3 is 2.85 bits per heavy atom. The van der Waals surface area contributed by atoms with Crippen molar-refractivity contribution in [3.05, 3.63) is 41.5 Å². The summed E-state index contributed by atoms with van der Waals surface area (Å²) in [5, 5.41) is 5.57. The zero-order chi connectivity index (χ0) is 19.3. The van der Waals surface area contributed by atoms with Crippen LogP contribution in [0.25, 0.3) is 5.70 Å². The van der Waals surface area contributed by atoms with Crippen LogP contribution in [0.1, 0.15) is 49.8 Å². The summed E-state index contributed by atoms with van der Waals surface area (Å²) in [6.07, 6.45) is 1.99. The van der Waals surface area contributed by atoms with Crippen molar-refractivity contribution in [1.29, 1.82) is 0 Å². The van der Waals surface area contributed by atoms with Crippen LogP contribution in [-0.4, -0.2) is 36.0 Å². The van der Waals surface area contributed by atoms with Crippen molar-refractivity contribution in [3.8, 4) is 0 Å². The van der Waals surface area contributed by atoms with Gasteiger partial charge in [-0.2, -0.15) is 0 Å². The quantitative estimate of drug-likeness (QED) is 0.524. The second-order valence-electron chi connectivity index (χ2n) is 6.84. The first-order chi connectivity index (χ1) is 12.3. The molecule has 1 aromatic rings. The van der Waals surface area contributed by atoms with Gasteiger partial charge >= 0.3 is 0 Å². The third-order valence-electron chi connectivity index (χ3n) is 4.98. The highest BCUT2D eigenvalue weighted by Gasteiger charge is 2.32. The second kappa shape index (κ2) is 8.45. The molecular weight excluding hydrogens is 333 g/mol. The molecule has 2 unspecified atom stereocenters. The highest BCUT2D eigenvalue weighted by atomic mass is 19.1. The minimum Gasteiger partial charge on any atom is -0.357 e. The fraction of sp³-hybridized carbons (Fsp3) is 0.500. The molecule has 6 heteroatoms. The maximum absolute atomic E-state index is 14.0. The minimum atomic E-state index is -1.40. The number of halogens is 1. The van der Waals surface area contributed by atoms with E-state index in [4.69, 9.17) is 0 Å². The first-order valence-electron chi connectivity index (χ1n) is 8.99. The van der Waals surface area contributed by atoms with Crippen molar-refractivity contribution in [2.75, 3.05) is 7.05 Å². The third kappa shape index (κ3) is 4.49. The van der Waals surface area contributed by atoms with Crippen molar-refractivity contribution in [2.45, 2.75) is 58.0 Å². The topological polar surface area (TPSA) is 61.4 Å². The smallest absolute Gasteiger partial charge is 0.242 e. The van der Waals surface area contributed by atoms with Gasteiger partial charge in [-0.25, -0.2) is 4.39 Å². The Labute approximate surface area is 154 Å². The summed E-state index contributed by atoms with van der Waals surface area (Å²) in [5.74, 6) is -1.52. The van der Waals surface area contributed by atoms with Crippen LogP contribution in [0, 0.1) is 0 Å². The van der Waals surface area contributed by atoms with Crippen LogP contribution < -0.4 is 10.6 Å². The van der Waals surface area contributed by atoms with E-state index >= 15 is 0 Å². The molecule has 26 heavy (non-hydrogen) atoms. The van der Waals surface area contributed by atoms with Crippen LogP contribution in [-0.2, 0) is 22.7 Å². The number of likely N-dealkylation sites (N-methyl/N-ethyl adjacent to an activating group) is 1. The van der Waals surface area contributed by atoms with Crippen LogP contribution >= 0.6 is 0 Å². The van der Waals surface area contributed by atoms with Gasteiger partial charge in [-0.05, 0) is 30.9 Å². The lowest BCUT2D eigenvalue weighted by molar-refractivity contribution is -0.125. The van der Waals surface area contributed by atoms with Gasteiger partial charge in [0.05, 0.1) is 0 Å². The number of carbonyl (C=O) groups excluding carboxylic acids is 2. The van der Waals surface area contributed by atoms with Gasteiger partial charge < -0.3 is 15.0 Å². The van der Waals surface area contributed by atoms with Crippen molar-refractivity contribution < 1.29 is 14.0 Å². The molecule has 0 fully saturated rings. The molecule has 1 heterocycles. The van der Waals surface area contributed by atoms with Crippen LogP contribution in [0.2, 0.25) is 0 Å². The van der Waals surface area contributed by atoms with Crippen molar-refractivity contribution in [1.82, 2.24) is 15.5 Å². The highest BCUT2D eigenvalue weighted by Crippen LogP contribution is 2.35. The largest absolute Gasteiger partial charge is 0.357 e. The number of hydrogen-bond acceptors (Lipinski definition) is 4. The van der Waals surface area contributed by atoms with E-state index in [1.165, 1.54) is 6.92 Å². The maximum atomic E-state index is 14.0. The van der Waals surface area contributed by atoms with Crippen LogP contribution in [0.4, 0.5) is 4.39 Å². The summed E-state index contributed by atoms with van der Waals surface area (Å²) in [6, 6.07) is 5.52. The molecule has 0 bridgehead atoms. The van der Waals surface area contributed by atoms with E-state index in [1.54, 1.807) is 14.0 Å². The lowest BCUT2D eigenvalue weighted by atomic mass is 10.0. The van der Waals surface area contributed by atoms with Gasteiger partial charge in [0.2, 0.25) is 5.91 Å². The van der Waals surface area contributed by atoms with Gasteiger partial charge in [-0.3, -0.25) is 10.1 Å². The predicted molar refractivity (Wildman–Crippen MR) is 101 cm³/mol. The zero-order valence-corrected chi connectivity index (χ0v) is 15.8. The summed E-state index contributed by atoms with van der Waals surface area (Å²) in [4.78, 5) is 24.9. The number of nitrogens with zero attached hydrogens (tertiary/aromatic N) is 1. The average Bonchev–Trinajstić information content (AvgIpc) is 2.96. The number of alkyl halides is 1. The Bertz CT molecular complexity index is 688. The van der Waals surface area contributed by atoms with E-state index in [-0.39, 0.29) is 5.91 Å².